The van der Waals surface area contributed by atoms with Crippen molar-refractivity contribution in [2.24, 2.45) is 0 Å². The molecule has 2 amide bonds. The van der Waals surface area contributed by atoms with Crippen molar-refractivity contribution in [3.8, 4) is 17.1 Å². The van der Waals surface area contributed by atoms with Crippen LogP contribution in [0.15, 0.2) is 78.9 Å². The number of aryl methyl sites for hydroxylation is 1. The van der Waals surface area contributed by atoms with Crippen LogP contribution >= 0.6 is 0 Å². The summed E-state index contributed by atoms with van der Waals surface area (Å²) in [6.45, 7) is 4.26. The SMILES string of the molecule is COc1ccccc1NC(=O)N1CCN(c2nc(-c3cccc(F)c3)nc(C)c2Cc2ccccc2)CC1. The van der Waals surface area contributed by atoms with Gasteiger partial charge in [-0.2, -0.15) is 0 Å². The molecule has 0 radical (unpaired) electrons. The minimum absolute atomic E-state index is 0.169. The first-order valence-corrected chi connectivity index (χ1v) is 12.6. The minimum atomic E-state index is -0.326. The van der Waals surface area contributed by atoms with Crippen molar-refractivity contribution in [2.45, 2.75) is 13.3 Å². The first-order valence-electron chi connectivity index (χ1n) is 12.6. The number of urea groups is 1. The van der Waals surface area contributed by atoms with Gasteiger partial charge in [-0.15, -0.1) is 0 Å². The molecule has 0 aliphatic carbocycles. The molecule has 8 heteroatoms. The standard InChI is InChI=1S/C30H30FN5O2/c1-21-25(19-22-9-4-3-5-10-22)29(34-28(32-21)23-11-8-12-24(31)20-23)35-15-17-36(18-16-35)30(37)33-26-13-6-7-14-27(26)38-2/h3-14,20H,15-19H2,1-2H3,(H,33,37). The second-order valence-corrected chi connectivity index (χ2v) is 9.21. The number of rotatable bonds is 6. The summed E-state index contributed by atoms with van der Waals surface area (Å²) in [5.41, 5.74) is 4.32. The molecule has 0 spiro atoms. The van der Waals surface area contributed by atoms with Crippen LogP contribution in [0.3, 0.4) is 0 Å². The Labute approximate surface area is 221 Å². The Kier molecular flexibility index (Phi) is 7.49. The lowest BCUT2D eigenvalue weighted by atomic mass is 10.0. The predicted octanol–water partition coefficient (Wildman–Crippen LogP) is 5.54. The summed E-state index contributed by atoms with van der Waals surface area (Å²) < 4.78 is 19.3. The summed E-state index contributed by atoms with van der Waals surface area (Å²) in [4.78, 5) is 26.7. The molecule has 0 atom stereocenters. The van der Waals surface area contributed by atoms with E-state index in [-0.39, 0.29) is 11.8 Å². The summed E-state index contributed by atoms with van der Waals surface area (Å²) >= 11 is 0. The molecule has 0 bridgehead atoms. The van der Waals surface area contributed by atoms with E-state index in [0.29, 0.717) is 55.4 Å². The van der Waals surface area contributed by atoms with E-state index < -0.39 is 0 Å². The number of piperazine rings is 1. The number of hydrogen-bond donors (Lipinski definition) is 1. The number of carbonyl (C=O) groups excluding carboxylic acids is 1. The first kappa shape index (κ1) is 25.2. The fourth-order valence-electron chi connectivity index (χ4n) is 4.67. The average Bonchev–Trinajstić information content (AvgIpc) is 2.95. The van der Waals surface area contributed by atoms with Crippen LogP contribution < -0.4 is 15.0 Å². The molecule has 38 heavy (non-hydrogen) atoms. The zero-order valence-electron chi connectivity index (χ0n) is 21.5. The highest BCUT2D eigenvalue weighted by Crippen LogP contribution is 2.29. The molecular weight excluding hydrogens is 481 g/mol. The highest BCUT2D eigenvalue weighted by Gasteiger charge is 2.26. The van der Waals surface area contributed by atoms with Crippen molar-refractivity contribution < 1.29 is 13.9 Å². The minimum Gasteiger partial charge on any atom is -0.495 e. The lowest BCUT2D eigenvalue weighted by molar-refractivity contribution is 0.208. The summed E-state index contributed by atoms with van der Waals surface area (Å²) in [5.74, 6) is 1.61. The zero-order chi connectivity index (χ0) is 26.5. The number of hydrogen-bond acceptors (Lipinski definition) is 5. The molecule has 5 rings (SSSR count). The summed E-state index contributed by atoms with van der Waals surface area (Å²) in [7, 11) is 1.58. The number of carbonyl (C=O) groups is 1. The van der Waals surface area contributed by atoms with Gasteiger partial charge in [0, 0.05) is 49.4 Å². The Hall–Kier alpha value is -4.46. The van der Waals surface area contributed by atoms with E-state index in [0.717, 1.165) is 22.6 Å². The second-order valence-electron chi connectivity index (χ2n) is 9.21. The van der Waals surface area contributed by atoms with Crippen LogP contribution in [-0.2, 0) is 6.42 Å². The van der Waals surface area contributed by atoms with Crippen molar-refractivity contribution in [1.82, 2.24) is 14.9 Å². The zero-order valence-corrected chi connectivity index (χ0v) is 21.5. The Morgan fingerprint density at radius 2 is 1.68 bits per heavy atom. The fourth-order valence-corrected chi connectivity index (χ4v) is 4.67. The van der Waals surface area contributed by atoms with Gasteiger partial charge in [0.05, 0.1) is 12.8 Å². The smallest absolute Gasteiger partial charge is 0.322 e. The Morgan fingerprint density at radius 3 is 2.42 bits per heavy atom. The summed E-state index contributed by atoms with van der Waals surface area (Å²) in [6, 6.07) is 23.7. The Balaban J connectivity index is 1.39. The van der Waals surface area contributed by atoms with Crippen molar-refractivity contribution in [2.75, 3.05) is 43.5 Å². The molecule has 7 nitrogen and oxygen atoms in total. The molecule has 3 aromatic carbocycles. The van der Waals surface area contributed by atoms with Gasteiger partial charge in [0.25, 0.3) is 0 Å². The van der Waals surface area contributed by atoms with Crippen molar-refractivity contribution in [3.05, 3.63) is 102 Å². The van der Waals surface area contributed by atoms with Crippen molar-refractivity contribution in [3.63, 3.8) is 0 Å². The van der Waals surface area contributed by atoms with Gasteiger partial charge in [-0.05, 0) is 36.8 Å². The molecule has 0 unspecified atom stereocenters. The number of amides is 2. The highest BCUT2D eigenvalue weighted by atomic mass is 19.1. The maximum absolute atomic E-state index is 14.0. The lowest BCUT2D eigenvalue weighted by Crippen LogP contribution is -2.50. The van der Waals surface area contributed by atoms with Crippen LogP contribution in [0.1, 0.15) is 16.8 Å². The van der Waals surface area contributed by atoms with Crippen LogP contribution in [0.25, 0.3) is 11.4 Å². The number of methoxy groups -OCH3 is 1. The van der Waals surface area contributed by atoms with Crippen molar-refractivity contribution in [1.29, 1.82) is 0 Å². The number of para-hydroxylation sites is 2. The van der Waals surface area contributed by atoms with E-state index in [1.165, 1.54) is 12.1 Å². The molecule has 4 aromatic rings. The molecule has 1 fully saturated rings. The second kappa shape index (κ2) is 11.3. The predicted molar refractivity (Wildman–Crippen MR) is 147 cm³/mol. The average molecular weight is 512 g/mol. The van der Waals surface area contributed by atoms with E-state index in [1.807, 2.05) is 55.5 Å². The van der Waals surface area contributed by atoms with Gasteiger partial charge in [-0.1, -0.05) is 54.6 Å². The van der Waals surface area contributed by atoms with E-state index in [1.54, 1.807) is 18.1 Å². The molecule has 1 aliphatic rings. The van der Waals surface area contributed by atoms with Crippen LogP contribution in [-0.4, -0.2) is 54.2 Å². The maximum atomic E-state index is 14.0. The first-order chi connectivity index (χ1) is 18.5. The molecule has 1 N–H and O–H groups in total. The van der Waals surface area contributed by atoms with Gasteiger partial charge in [-0.25, -0.2) is 19.2 Å². The third-order valence-electron chi connectivity index (χ3n) is 6.71. The monoisotopic (exact) mass is 511 g/mol. The highest BCUT2D eigenvalue weighted by molar-refractivity contribution is 5.91. The number of halogens is 1. The molecule has 2 heterocycles. The van der Waals surface area contributed by atoms with E-state index in [4.69, 9.17) is 14.7 Å². The van der Waals surface area contributed by atoms with Gasteiger partial charge in [0.15, 0.2) is 5.82 Å². The third-order valence-corrected chi connectivity index (χ3v) is 6.71. The Morgan fingerprint density at radius 1 is 0.947 bits per heavy atom. The third kappa shape index (κ3) is 5.59. The molecule has 194 valence electrons. The largest absolute Gasteiger partial charge is 0.495 e. The molecule has 0 saturated carbocycles. The number of benzene rings is 3. The van der Waals surface area contributed by atoms with Gasteiger partial charge >= 0.3 is 6.03 Å². The van der Waals surface area contributed by atoms with Gasteiger partial charge < -0.3 is 19.9 Å². The fraction of sp³-hybridized carbons (Fsp3) is 0.233. The van der Waals surface area contributed by atoms with Gasteiger partial charge in [-0.3, -0.25) is 0 Å². The van der Waals surface area contributed by atoms with E-state index in [9.17, 15) is 9.18 Å². The number of nitrogens with one attached hydrogen (secondary N) is 1. The Bertz CT molecular complexity index is 1420. The molecule has 1 aliphatic heterocycles. The topological polar surface area (TPSA) is 70.6 Å². The summed E-state index contributed by atoms with van der Waals surface area (Å²) in [6.07, 6.45) is 0.680. The normalized spacial score (nSPS) is 13.3. The number of nitrogens with zero attached hydrogens (tertiary/aromatic N) is 4. The molecule has 1 saturated heterocycles. The molecular formula is C30H30FN5O2. The number of anilines is 2. The lowest BCUT2D eigenvalue weighted by Gasteiger charge is -2.36. The maximum Gasteiger partial charge on any atom is 0.322 e. The van der Waals surface area contributed by atoms with Crippen molar-refractivity contribution >= 4 is 17.5 Å². The van der Waals surface area contributed by atoms with Crippen LogP contribution in [0.2, 0.25) is 0 Å². The van der Waals surface area contributed by atoms with Crippen LogP contribution in [0.5, 0.6) is 5.75 Å². The van der Waals surface area contributed by atoms with Crippen LogP contribution in [0, 0.1) is 12.7 Å². The van der Waals surface area contributed by atoms with Gasteiger partial charge in [0.2, 0.25) is 0 Å². The summed E-state index contributed by atoms with van der Waals surface area (Å²) in [5, 5.41) is 2.96. The van der Waals surface area contributed by atoms with E-state index in [2.05, 4.69) is 22.3 Å². The van der Waals surface area contributed by atoms with Gasteiger partial charge in [0.1, 0.15) is 17.4 Å². The number of ether oxygens (including phenoxy) is 1. The quantitative estimate of drug-likeness (QED) is 0.368. The van der Waals surface area contributed by atoms with Crippen LogP contribution in [0.4, 0.5) is 20.7 Å². The number of aromatic nitrogens is 2. The molecule has 1 aromatic heterocycles. The van der Waals surface area contributed by atoms with E-state index >= 15 is 0 Å².